The summed E-state index contributed by atoms with van der Waals surface area (Å²) in [5, 5.41) is 5.52. The number of amides is 3. The zero-order valence-corrected chi connectivity index (χ0v) is 18.1. The Bertz CT molecular complexity index is 1110. The Balaban J connectivity index is 1.63. The van der Waals surface area contributed by atoms with E-state index in [9.17, 15) is 19.2 Å². The van der Waals surface area contributed by atoms with Gasteiger partial charge in [-0.05, 0) is 42.6 Å². The Morgan fingerprint density at radius 2 is 2.16 bits per heavy atom. The molecule has 1 aromatic heterocycles. The Morgan fingerprint density at radius 1 is 1.34 bits per heavy atom. The summed E-state index contributed by atoms with van der Waals surface area (Å²) in [6, 6.07) is 8.02. The third-order valence-corrected chi connectivity index (χ3v) is 5.20. The minimum atomic E-state index is -0.469. The lowest BCUT2D eigenvalue weighted by atomic mass is 10.0. The fraction of sp³-hybridized carbons (Fsp3) is 0.261. The number of rotatable bonds is 6. The molecule has 1 aliphatic heterocycles. The first kappa shape index (κ1) is 23.1. The van der Waals surface area contributed by atoms with Gasteiger partial charge in [0, 0.05) is 37.2 Å². The van der Waals surface area contributed by atoms with Gasteiger partial charge in [0.15, 0.2) is 0 Å². The van der Waals surface area contributed by atoms with Crippen LogP contribution in [0.1, 0.15) is 40.0 Å². The molecule has 164 valence electrons. The number of nitrogens with one attached hydrogen (secondary N) is 2. The Hall–Kier alpha value is -3.54. The molecule has 0 bridgehead atoms. The largest absolute Gasteiger partial charge is 0.341 e. The zero-order chi connectivity index (χ0) is 23.1. The molecule has 0 spiro atoms. The molecule has 2 N–H and O–H groups in total. The van der Waals surface area contributed by atoms with Gasteiger partial charge in [-0.25, -0.2) is 4.98 Å². The summed E-state index contributed by atoms with van der Waals surface area (Å²) >= 11 is 5.77. The van der Waals surface area contributed by atoms with Crippen molar-refractivity contribution in [3.05, 3.63) is 63.9 Å². The van der Waals surface area contributed by atoms with Crippen molar-refractivity contribution in [3.8, 4) is 11.8 Å². The van der Waals surface area contributed by atoms with Crippen LogP contribution in [-0.4, -0.2) is 47.0 Å². The molecule has 32 heavy (non-hydrogen) atoms. The maximum absolute atomic E-state index is 12.1. The van der Waals surface area contributed by atoms with Crippen LogP contribution in [0.25, 0.3) is 0 Å². The van der Waals surface area contributed by atoms with E-state index in [1.807, 2.05) is 0 Å². The maximum atomic E-state index is 12.1. The van der Waals surface area contributed by atoms with Crippen molar-refractivity contribution < 1.29 is 19.2 Å². The summed E-state index contributed by atoms with van der Waals surface area (Å²) in [6.45, 7) is 0.556. The van der Waals surface area contributed by atoms with E-state index < -0.39 is 11.9 Å². The van der Waals surface area contributed by atoms with E-state index in [4.69, 9.17) is 11.6 Å². The normalized spacial score (nSPS) is 15.5. The number of hydrogen-bond donors (Lipinski definition) is 2. The average Bonchev–Trinajstić information content (AvgIpc) is 2.77. The molecule has 3 amide bonds. The van der Waals surface area contributed by atoms with Crippen LogP contribution in [0.5, 0.6) is 0 Å². The Morgan fingerprint density at radius 3 is 2.84 bits per heavy atom. The van der Waals surface area contributed by atoms with Crippen molar-refractivity contribution in [2.24, 2.45) is 0 Å². The van der Waals surface area contributed by atoms with Crippen molar-refractivity contribution in [3.63, 3.8) is 0 Å². The highest BCUT2D eigenvalue weighted by Crippen LogP contribution is 2.17. The molecule has 1 fully saturated rings. The molecule has 0 aliphatic carbocycles. The molecule has 1 atom stereocenters. The van der Waals surface area contributed by atoms with Crippen LogP contribution in [0.15, 0.2) is 36.5 Å². The van der Waals surface area contributed by atoms with E-state index in [1.54, 1.807) is 42.3 Å². The predicted molar refractivity (Wildman–Crippen MR) is 117 cm³/mol. The maximum Gasteiger partial charge on any atom is 0.296 e. The number of carbonyl (C=O) groups is 4. The lowest BCUT2D eigenvalue weighted by molar-refractivity contribution is -0.137. The number of imide groups is 1. The number of nitrogens with zero attached hydrogens (tertiary/aromatic N) is 2. The van der Waals surface area contributed by atoms with Gasteiger partial charge in [-0.3, -0.25) is 29.4 Å². The molecule has 8 nitrogen and oxygen atoms in total. The van der Waals surface area contributed by atoms with Crippen LogP contribution in [0.2, 0.25) is 5.02 Å². The average molecular weight is 453 g/mol. The van der Waals surface area contributed by atoms with Crippen molar-refractivity contribution in [2.45, 2.75) is 32.0 Å². The monoisotopic (exact) mass is 452 g/mol. The summed E-state index contributed by atoms with van der Waals surface area (Å²) in [7, 11) is 1.77. The summed E-state index contributed by atoms with van der Waals surface area (Å²) in [5.74, 6) is 4.04. The minimum absolute atomic E-state index is 0.218. The van der Waals surface area contributed by atoms with E-state index in [0.29, 0.717) is 29.2 Å². The Labute approximate surface area is 190 Å². The van der Waals surface area contributed by atoms with Gasteiger partial charge in [-0.1, -0.05) is 29.8 Å². The van der Waals surface area contributed by atoms with Crippen molar-refractivity contribution in [1.29, 1.82) is 0 Å². The van der Waals surface area contributed by atoms with E-state index in [2.05, 4.69) is 27.5 Å². The van der Waals surface area contributed by atoms with Gasteiger partial charge in [0.05, 0.1) is 11.1 Å². The van der Waals surface area contributed by atoms with Crippen LogP contribution in [0, 0.1) is 11.8 Å². The lowest BCUT2D eigenvalue weighted by Gasteiger charge is -2.30. The second-order valence-electron chi connectivity index (χ2n) is 7.33. The summed E-state index contributed by atoms with van der Waals surface area (Å²) in [6.07, 6.45) is 2.90. The highest BCUT2D eigenvalue weighted by molar-refractivity contribution is 6.30. The second-order valence-corrected chi connectivity index (χ2v) is 7.76. The van der Waals surface area contributed by atoms with Crippen molar-refractivity contribution >= 4 is 35.6 Å². The number of pyridine rings is 1. The number of benzene rings is 1. The predicted octanol–water partition coefficient (Wildman–Crippen LogP) is 1.45. The van der Waals surface area contributed by atoms with Crippen LogP contribution in [0.4, 0.5) is 0 Å². The number of aromatic nitrogens is 1. The van der Waals surface area contributed by atoms with Crippen molar-refractivity contribution in [2.75, 3.05) is 7.05 Å². The van der Waals surface area contributed by atoms with Gasteiger partial charge in [-0.15, -0.1) is 0 Å². The third-order valence-electron chi connectivity index (χ3n) is 4.98. The second kappa shape index (κ2) is 10.7. The topological polar surface area (TPSA) is 108 Å². The van der Waals surface area contributed by atoms with Crippen molar-refractivity contribution in [1.82, 2.24) is 20.5 Å². The molecule has 2 aromatic rings. The van der Waals surface area contributed by atoms with E-state index in [0.717, 1.165) is 17.4 Å². The minimum Gasteiger partial charge on any atom is -0.341 e. The molecule has 9 heteroatoms. The fourth-order valence-corrected chi connectivity index (χ4v) is 3.41. The SMILES string of the molecule is CN(Cc1cc(CNC(=O)C#Cc2ccc(Cl)cn2)ccc1C=O)C1CCC(=O)NC1=O. The summed E-state index contributed by atoms with van der Waals surface area (Å²) < 4.78 is 0. The van der Waals surface area contributed by atoms with Crippen LogP contribution in [-0.2, 0) is 27.5 Å². The van der Waals surface area contributed by atoms with Gasteiger partial charge in [0.25, 0.3) is 5.91 Å². The van der Waals surface area contributed by atoms with Crippen LogP contribution >= 0.6 is 11.6 Å². The fourth-order valence-electron chi connectivity index (χ4n) is 3.30. The van der Waals surface area contributed by atoms with E-state index >= 15 is 0 Å². The molecule has 1 aromatic carbocycles. The quantitative estimate of drug-likeness (QED) is 0.390. The molecular weight excluding hydrogens is 432 g/mol. The van der Waals surface area contributed by atoms with Crippen LogP contribution in [0.3, 0.4) is 0 Å². The molecule has 1 unspecified atom stereocenters. The standard InChI is InChI=1S/C23H21ClN4O4/c1-28(20-7-9-22(31)27-23(20)32)13-17-10-15(2-3-16(17)14-29)11-26-21(30)8-6-19-5-4-18(24)12-25-19/h2-5,10,12,14,20H,7,9,11,13H2,1H3,(H,26,30)(H,27,31,32). The number of piperidine rings is 1. The number of likely N-dealkylation sites (N-methyl/N-ethyl adjacent to an activating group) is 1. The molecule has 3 rings (SSSR count). The van der Waals surface area contributed by atoms with Gasteiger partial charge < -0.3 is 5.32 Å². The van der Waals surface area contributed by atoms with E-state index in [-0.39, 0.29) is 24.8 Å². The first-order chi connectivity index (χ1) is 15.4. The summed E-state index contributed by atoms with van der Waals surface area (Å²) in [4.78, 5) is 52.8. The lowest BCUT2D eigenvalue weighted by Crippen LogP contribution is -2.51. The number of aldehydes is 1. The highest BCUT2D eigenvalue weighted by atomic mass is 35.5. The highest BCUT2D eigenvalue weighted by Gasteiger charge is 2.29. The molecule has 0 saturated carbocycles. The Kier molecular flexibility index (Phi) is 7.71. The van der Waals surface area contributed by atoms with E-state index in [1.165, 1.54) is 6.20 Å². The third kappa shape index (κ3) is 6.23. The molecule has 1 saturated heterocycles. The molecular formula is C23H21ClN4O4. The summed E-state index contributed by atoms with van der Waals surface area (Å²) in [5.41, 5.74) is 2.42. The van der Waals surface area contributed by atoms with Crippen LogP contribution < -0.4 is 10.6 Å². The van der Waals surface area contributed by atoms with Gasteiger partial charge in [0.1, 0.15) is 12.0 Å². The number of halogens is 1. The smallest absolute Gasteiger partial charge is 0.296 e. The first-order valence-electron chi connectivity index (χ1n) is 9.88. The number of carbonyl (C=O) groups excluding carboxylic acids is 4. The molecule has 0 radical (unpaired) electrons. The molecule has 1 aliphatic rings. The molecule has 2 heterocycles. The van der Waals surface area contributed by atoms with Gasteiger partial charge in [-0.2, -0.15) is 0 Å². The van der Waals surface area contributed by atoms with Gasteiger partial charge in [0.2, 0.25) is 11.8 Å². The number of hydrogen-bond acceptors (Lipinski definition) is 6. The first-order valence-corrected chi connectivity index (χ1v) is 10.3. The zero-order valence-electron chi connectivity index (χ0n) is 17.4. The van der Waals surface area contributed by atoms with Gasteiger partial charge >= 0.3 is 0 Å².